The summed E-state index contributed by atoms with van der Waals surface area (Å²) < 4.78 is 3.46. The summed E-state index contributed by atoms with van der Waals surface area (Å²) in [6.45, 7) is 1.50. The lowest BCUT2D eigenvalue weighted by atomic mass is 9.95. The van der Waals surface area contributed by atoms with Gasteiger partial charge in [-0.3, -0.25) is 4.57 Å². The third kappa shape index (κ3) is 3.40. The number of urea groups is 1. The highest BCUT2D eigenvalue weighted by Gasteiger charge is 2.32. The summed E-state index contributed by atoms with van der Waals surface area (Å²) in [5, 5.41) is 7.76. The average molecular weight is 361 g/mol. The molecule has 1 aliphatic heterocycles. The second-order valence-corrected chi connectivity index (χ2v) is 8.26. The van der Waals surface area contributed by atoms with Gasteiger partial charge in [-0.2, -0.15) is 5.10 Å². The van der Waals surface area contributed by atoms with Crippen LogP contribution in [0.25, 0.3) is 0 Å². The number of carbonyl (C=O) groups excluding carboxylic acids is 1. The van der Waals surface area contributed by atoms with Crippen LogP contribution in [0.3, 0.4) is 0 Å². The Morgan fingerprint density at radius 2 is 1.62 bits per heavy atom. The van der Waals surface area contributed by atoms with Crippen molar-refractivity contribution in [3.63, 3.8) is 0 Å². The first-order chi connectivity index (χ1) is 12.6. The van der Waals surface area contributed by atoms with E-state index >= 15 is 0 Å². The van der Waals surface area contributed by atoms with Gasteiger partial charge in [-0.1, -0.05) is 25.7 Å². The highest BCUT2D eigenvalue weighted by molar-refractivity contribution is 5.74. The number of aryl methyl sites for hydroxylation is 1. The molecule has 2 saturated carbocycles. The van der Waals surface area contributed by atoms with Crippen LogP contribution >= 0.6 is 0 Å². The van der Waals surface area contributed by atoms with Gasteiger partial charge in [0.2, 0.25) is 0 Å². The first kappa shape index (κ1) is 17.6. The summed E-state index contributed by atoms with van der Waals surface area (Å²) in [5.41, 5.74) is 0.0216. The Balaban J connectivity index is 1.41. The molecule has 26 heavy (non-hydrogen) atoms. The quantitative estimate of drug-likeness (QED) is 0.899. The summed E-state index contributed by atoms with van der Waals surface area (Å²) in [4.78, 5) is 27.0. The van der Waals surface area contributed by atoms with E-state index < -0.39 is 0 Å². The van der Waals surface area contributed by atoms with Crippen molar-refractivity contribution in [2.75, 3.05) is 13.1 Å². The maximum atomic E-state index is 12.6. The predicted molar refractivity (Wildman–Crippen MR) is 99.3 cm³/mol. The largest absolute Gasteiger partial charge is 0.345 e. The Labute approximate surface area is 154 Å². The number of aromatic nitrogens is 3. The van der Waals surface area contributed by atoms with Crippen LogP contribution in [0.15, 0.2) is 4.79 Å². The molecule has 1 aromatic heterocycles. The van der Waals surface area contributed by atoms with E-state index in [4.69, 9.17) is 0 Å². The Morgan fingerprint density at radius 1 is 1.00 bits per heavy atom. The van der Waals surface area contributed by atoms with Crippen LogP contribution in [0.2, 0.25) is 0 Å². The third-order valence-electron chi connectivity index (χ3n) is 6.50. The normalized spacial score (nSPS) is 23.0. The Kier molecular flexibility index (Phi) is 5.05. The van der Waals surface area contributed by atoms with Crippen LogP contribution in [0.4, 0.5) is 4.79 Å². The van der Waals surface area contributed by atoms with Crippen LogP contribution in [-0.2, 0) is 7.05 Å². The molecule has 1 aromatic rings. The monoisotopic (exact) mass is 361 g/mol. The molecular formula is C19H31N5O2. The van der Waals surface area contributed by atoms with Gasteiger partial charge < -0.3 is 10.2 Å². The minimum Gasteiger partial charge on any atom is -0.335 e. The highest BCUT2D eigenvalue weighted by Crippen LogP contribution is 2.33. The number of rotatable bonds is 3. The van der Waals surface area contributed by atoms with Crippen molar-refractivity contribution < 1.29 is 4.79 Å². The highest BCUT2D eigenvalue weighted by atomic mass is 16.2. The molecular weight excluding hydrogens is 330 g/mol. The fraction of sp³-hybridized carbons (Fsp3) is 0.842. The van der Waals surface area contributed by atoms with Gasteiger partial charge in [0.15, 0.2) is 0 Å². The molecule has 3 fully saturated rings. The summed E-state index contributed by atoms with van der Waals surface area (Å²) in [6.07, 6.45) is 11.0. The van der Waals surface area contributed by atoms with Crippen molar-refractivity contribution in [2.24, 2.45) is 7.05 Å². The predicted octanol–water partition coefficient (Wildman–Crippen LogP) is 2.53. The minimum atomic E-state index is 0.0216. The number of carbonyl (C=O) groups is 1. The second kappa shape index (κ2) is 7.45. The maximum absolute atomic E-state index is 12.6. The van der Waals surface area contributed by atoms with Gasteiger partial charge in [0, 0.05) is 38.1 Å². The van der Waals surface area contributed by atoms with Gasteiger partial charge in [0.25, 0.3) is 0 Å². The van der Waals surface area contributed by atoms with E-state index in [0.29, 0.717) is 12.1 Å². The molecule has 0 aromatic carbocycles. The van der Waals surface area contributed by atoms with E-state index in [1.165, 1.54) is 30.4 Å². The van der Waals surface area contributed by atoms with Crippen molar-refractivity contribution in [1.29, 1.82) is 0 Å². The van der Waals surface area contributed by atoms with Gasteiger partial charge in [-0.05, 0) is 38.5 Å². The molecule has 2 aliphatic carbocycles. The maximum Gasteiger partial charge on any atom is 0.345 e. The topological polar surface area (TPSA) is 72.2 Å². The van der Waals surface area contributed by atoms with Crippen LogP contribution in [0, 0.1) is 0 Å². The molecule has 2 heterocycles. The molecule has 0 spiro atoms. The zero-order valence-electron chi connectivity index (χ0n) is 15.8. The van der Waals surface area contributed by atoms with Crippen molar-refractivity contribution in [1.82, 2.24) is 24.6 Å². The Morgan fingerprint density at radius 3 is 2.27 bits per heavy atom. The van der Waals surface area contributed by atoms with Crippen LogP contribution in [0.1, 0.15) is 82.0 Å². The lowest BCUT2D eigenvalue weighted by Crippen LogP contribution is -2.47. The van der Waals surface area contributed by atoms with Gasteiger partial charge in [0.1, 0.15) is 5.82 Å². The molecule has 4 rings (SSSR count). The van der Waals surface area contributed by atoms with Gasteiger partial charge in [-0.15, -0.1) is 0 Å². The van der Waals surface area contributed by atoms with Crippen molar-refractivity contribution in [3.05, 3.63) is 16.3 Å². The van der Waals surface area contributed by atoms with E-state index in [1.54, 1.807) is 7.05 Å². The van der Waals surface area contributed by atoms with E-state index in [2.05, 4.69) is 10.4 Å². The van der Waals surface area contributed by atoms with E-state index in [-0.39, 0.29) is 17.6 Å². The number of piperidine rings is 1. The van der Waals surface area contributed by atoms with Crippen LogP contribution in [0.5, 0.6) is 0 Å². The molecule has 1 saturated heterocycles. The first-order valence-corrected chi connectivity index (χ1v) is 10.3. The van der Waals surface area contributed by atoms with Crippen molar-refractivity contribution in [2.45, 2.75) is 82.2 Å². The molecule has 144 valence electrons. The number of nitrogens with one attached hydrogen (secondary N) is 1. The molecule has 3 aliphatic rings. The Bertz CT molecular complexity index is 689. The smallest absolute Gasteiger partial charge is 0.335 e. The van der Waals surface area contributed by atoms with Gasteiger partial charge in [0.05, 0.1) is 0 Å². The van der Waals surface area contributed by atoms with Crippen molar-refractivity contribution in [3.8, 4) is 0 Å². The molecule has 0 bridgehead atoms. The minimum absolute atomic E-state index is 0.0216. The summed E-state index contributed by atoms with van der Waals surface area (Å²) in [5.74, 6) is 1.22. The Hall–Kier alpha value is -1.79. The van der Waals surface area contributed by atoms with Crippen molar-refractivity contribution >= 4 is 6.03 Å². The number of hydrogen-bond donors (Lipinski definition) is 1. The molecule has 1 N–H and O–H groups in total. The molecule has 7 heteroatoms. The average Bonchev–Trinajstić information content (AvgIpc) is 3.39. The fourth-order valence-corrected chi connectivity index (χ4v) is 4.96. The molecule has 0 atom stereocenters. The lowest BCUT2D eigenvalue weighted by molar-refractivity contribution is 0.176. The third-order valence-corrected chi connectivity index (χ3v) is 6.50. The zero-order valence-corrected chi connectivity index (χ0v) is 15.8. The van der Waals surface area contributed by atoms with Crippen LogP contribution < -0.4 is 11.0 Å². The zero-order chi connectivity index (χ0) is 18.1. The molecule has 7 nitrogen and oxygen atoms in total. The summed E-state index contributed by atoms with van der Waals surface area (Å²) in [6, 6.07) is 0.767. The number of likely N-dealkylation sites (tertiary alicyclic amines) is 1. The molecule has 0 radical (unpaired) electrons. The number of hydrogen-bond acceptors (Lipinski definition) is 3. The van der Waals surface area contributed by atoms with E-state index in [9.17, 15) is 9.59 Å². The fourth-order valence-electron chi connectivity index (χ4n) is 4.96. The number of nitrogens with zero attached hydrogens (tertiary/aromatic N) is 4. The van der Waals surface area contributed by atoms with E-state index in [0.717, 1.165) is 57.4 Å². The second-order valence-electron chi connectivity index (χ2n) is 8.26. The first-order valence-electron chi connectivity index (χ1n) is 10.3. The summed E-state index contributed by atoms with van der Waals surface area (Å²) >= 11 is 0. The standard InChI is InChI=1S/C19H31N5O2/c1-22-19(26)24(16-8-4-5-9-16)17(21-22)14-10-12-23(13-11-14)18(25)20-15-6-2-3-7-15/h14-16H,2-13H2,1H3,(H,20,25). The lowest BCUT2D eigenvalue weighted by Gasteiger charge is -2.32. The van der Waals surface area contributed by atoms with Crippen LogP contribution in [-0.4, -0.2) is 44.4 Å². The number of amides is 2. The molecule has 2 amide bonds. The summed E-state index contributed by atoms with van der Waals surface area (Å²) in [7, 11) is 1.75. The van der Waals surface area contributed by atoms with E-state index in [1.807, 2.05) is 9.47 Å². The molecule has 0 unspecified atom stereocenters. The SMILES string of the molecule is Cn1nc(C2CCN(C(=O)NC3CCCC3)CC2)n(C2CCCC2)c1=O. The van der Waals surface area contributed by atoms with Gasteiger partial charge >= 0.3 is 11.7 Å². The van der Waals surface area contributed by atoms with Gasteiger partial charge in [-0.25, -0.2) is 14.3 Å².